The molecule has 2 rings (SSSR count). The Bertz CT molecular complexity index is 663. The van der Waals surface area contributed by atoms with E-state index in [1.807, 2.05) is 0 Å². The number of carbonyl (C=O) groups excluding carboxylic acids is 4. The third-order valence-electron chi connectivity index (χ3n) is 4.84. The number of Topliss-reactive ketones (excluding diaryl/α,β-unsaturated/α-hetero) is 2. The Kier molecular flexibility index (Phi) is 7.70. The van der Waals surface area contributed by atoms with Crippen LogP contribution in [-0.2, 0) is 23.9 Å². The first-order valence-corrected chi connectivity index (χ1v) is 9.46. The molecule has 2 unspecified atom stereocenters. The van der Waals surface area contributed by atoms with Gasteiger partial charge in [-0.3, -0.25) is 19.2 Å². The van der Waals surface area contributed by atoms with Crippen LogP contribution in [0, 0.1) is 17.8 Å². The second-order valence-corrected chi connectivity index (χ2v) is 6.57. The molecule has 6 nitrogen and oxygen atoms in total. The third kappa shape index (κ3) is 5.02. The predicted molar refractivity (Wildman–Crippen MR) is 98.0 cm³/mol. The van der Waals surface area contributed by atoms with E-state index in [9.17, 15) is 19.2 Å². The van der Waals surface area contributed by atoms with Gasteiger partial charge in [-0.15, -0.1) is 0 Å². The zero-order chi connectivity index (χ0) is 19.8. The van der Waals surface area contributed by atoms with Gasteiger partial charge in [0.1, 0.15) is 5.78 Å². The van der Waals surface area contributed by atoms with Crippen LogP contribution >= 0.6 is 0 Å². The van der Waals surface area contributed by atoms with Gasteiger partial charge >= 0.3 is 11.9 Å². The number of rotatable bonds is 7. The number of benzene rings is 1. The van der Waals surface area contributed by atoms with E-state index in [1.54, 1.807) is 44.2 Å². The summed E-state index contributed by atoms with van der Waals surface area (Å²) < 4.78 is 10.1. The lowest BCUT2D eigenvalue weighted by molar-refractivity contribution is -0.165. The minimum atomic E-state index is -1.27. The van der Waals surface area contributed by atoms with Gasteiger partial charge in [-0.05, 0) is 32.6 Å². The fourth-order valence-corrected chi connectivity index (χ4v) is 3.63. The first-order valence-electron chi connectivity index (χ1n) is 9.46. The molecule has 1 aromatic carbocycles. The Morgan fingerprint density at radius 3 is 2.15 bits per heavy atom. The summed E-state index contributed by atoms with van der Waals surface area (Å²) in [6, 6.07) is 8.50. The zero-order valence-corrected chi connectivity index (χ0v) is 15.8. The van der Waals surface area contributed by atoms with Crippen LogP contribution in [0.2, 0.25) is 0 Å². The van der Waals surface area contributed by atoms with Gasteiger partial charge in [0.2, 0.25) is 0 Å². The first kappa shape index (κ1) is 20.8. The van der Waals surface area contributed by atoms with Gasteiger partial charge in [0.15, 0.2) is 11.7 Å². The molecule has 0 amide bonds. The minimum Gasteiger partial charge on any atom is -0.465 e. The van der Waals surface area contributed by atoms with E-state index in [-0.39, 0.29) is 31.2 Å². The maximum atomic E-state index is 13.1. The van der Waals surface area contributed by atoms with Gasteiger partial charge in [0.05, 0.1) is 19.1 Å². The van der Waals surface area contributed by atoms with E-state index in [4.69, 9.17) is 9.47 Å². The Morgan fingerprint density at radius 1 is 1.00 bits per heavy atom. The second-order valence-electron chi connectivity index (χ2n) is 6.57. The summed E-state index contributed by atoms with van der Waals surface area (Å²) in [7, 11) is 0. The summed E-state index contributed by atoms with van der Waals surface area (Å²) in [5.74, 6) is -5.14. The maximum Gasteiger partial charge on any atom is 0.320 e. The van der Waals surface area contributed by atoms with Crippen LogP contribution in [0.3, 0.4) is 0 Å². The molecule has 0 aromatic heterocycles. The van der Waals surface area contributed by atoms with Crippen molar-refractivity contribution in [3.05, 3.63) is 35.9 Å². The quantitative estimate of drug-likeness (QED) is 0.316. The molecule has 0 spiro atoms. The van der Waals surface area contributed by atoms with Crippen LogP contribution < -0.4 is 0 Å². The fraction of sp³-hybridized carbons (Fsp3) is 0.524. The molecule has 27 heavy (non-hydrogen) atoms. The Hall–Kier alpha value is -2.50. The lowest BCUT2D eigenvalue weighted by Gasteiger charge is -2.28. The highest BCUT2D eigenvalue weighted by atomic mass is 16.6. The van der Waals surface area contributed by atoms with Gasteiger partial charge < -0.3 is 9.47 Å². The average Bonchev–Trinajstić information content (AvgIpc) is 2.84. The second kappa shape index (κ2) is 10.00. The number of carbonyl (C=O) groups is 4. The topological polar surface area (TPSA) is 86.7 Å². The van der Waals surface area contributed by atoms with Crippen molar-refractivity contribution in [2.75, 3.05) is 13.2 Å². The summed E-state index contributed by atoms with van der Waals surface area (Å²) in [4.78, 5) is 51.0. The van der Waals surface area contributed by atoms with Crippen LogP contribution in [0.25, 0.3) is 0 Å². The molecule has 1 aliphatic carbocycles. The zero-order valence-electron chi connectivity index (χ0n) is 15.8. The van der Waals surface area contributed by atoms with E-state index in [1.165, 1.54) is 0 Å². The lowest BCUT2D eigenvalue weighted by Crippen LogP contribution is -2.42. The monoisotopic (exact) mass is 374 g/mol. The number of ketones is 2. The molecule has 6 heteroatoms. The van der Waals surface area contributed by atoms with E-state index < -0.39 is 29.7 Å². The molecular formula is C21H26O6. The van der Waals surface area contributed by atoms with Gasteiger partial charge in [-0.25, -0.2) is 0 Å². The molecule has 0 radical (unpaired) electrons. The van der Waals surface area contributed by atoms with Crippen LogP contribution in [0.1, 0.15) is 49.9 Å². The van der Waals surface area contributed by atoms with Crippen LogP contribution in [0.15, 0.2) is 30.3 Å². The standard InChI is InChI=1S/C21H26O6/c1-3-26-20(24)18(21(25)27-4-2)15-12-8-9-13-16(22)17(15)19(23)14-10-6-5-7-11-14/h5-7,10-11,15,17-18H,3-4,8-9,12-13H2,1-2H3. The molecule has 1 fully saturated rings. The van der Waals surface area contributed by atoms with Crippen LogP contribution in [0.4, 0.5) is 0 Å². The SMILES string of the molecule is CCOC(=O)C(C(=O)OCC)C1CCCCC(=O)C1C(=O)c1ccccc1. The number of hydrogen-bond acceptors (Lipinski definition) is 6. The van der Waals surface area contributed by atoms with Crippen molar-refractivity contribution in [1.82, 2.24) is 0 Å². The smallest absolute Gasteiger partial charge is 0.320 e. The highest BCUT2D eigenvalue weighted by Crippen LogP contribution is 2.36. The molecule has 0 heterocycles. The molecule has 1 aromatic rings. The van der Waals surface area contributed by atoms with Crippen LogP contribution in [-0.4, -0.2) is 36.7 Å². The molecule has 0 saturated heterocycles. The number of esters is 2. The normalized spacial score (nSPS) is 20.0. The summed E-state index contributed by atoms with van der Waals surface area (Å²) in [5.41, 5.74) is 0.397. The molecule has 0 N–H and O–H groups in total. The fourth-order valence-electron chi connectivity index (χ4n) is 3.63. The maximum absolute atomic E-state index is 13.1. The Balaban J connectivity index is 2.44. The van der Waals surface area contributed by atoms with Crippen molar-refractivity contribution in [3.8, 4) is 0 Å². The minimum absolute atomic E-state index is 0.104. The van der Waals surface area contributed by atoms with E-state index in [0.717, 1.165) is 0 Å². The molecule has 1 saturated carbocycles. The Labute approximate surface area is 159 Å². The van der Waals surface area contributed by atoms with E-state index in [0.29, 0.717) is 24.8 Å². The molecule has 0 bridgehead atoms. The highest BCUT2D eigenvalue weighted by molar-refractivity contribution is 6.12. The van der Waals surface area contributed by atoms with Crippen molar-refractivity contribution in [2.24, 2.45) is 17.8 Å². The molecule has 0 aliphatic heterocycles. The predicted octanol–water partition coefficient (Wildman–Crippen LogP) is 2.99. The van der Waals surface area contributed by atoms with E-state index in [2.05, 4.69) is 0 Å². The largest absolute Gasteiger partial charge is 0.465 e. The van der Waals surface area contributed by atoms with Crippen molar-refractivity contribution in [3.63, 3.8) is 0 Å². The number of ether oxygens (including phenoxy) is 2. The highest BCUT2D eigenvalue weighted by Gasteiger charge is 2.47. The lowest BCUT2D eigenvalue weighted by atomic mass is 9.74. The molecular weight excluding hydrogens is 348 g/mol. The summed E-state index contributed by atoms with van der Waals surface area (Å²) in [6.07, 6.45) is 1.96. The Morgan fingerprint density at radius 2 is 1.59 bits per heavy atom. The number of hydrogen-bond donors (Lipinski definition) is 0. The van der Waals surface area contributed by atoms with Crippen LogP contribution in [0.5, 0.6) is 0 Å². The summed E-state index contributed by atoms with van der Waals surface area (Å²) in [5, 5.41) is 0. The summed E-state index contributed by atoms with van der Waals surface area (Å²) >= 11 is 0. The van der Waals surface area contributed by atoms with Gasteiger partial charge in [-0.2, -0.15) is 0 Å². The molecule has 146 valence electrons. The molecule has 1 aliphatic rings. The van der Waals surface area contributed by atoms with Crippen molar-refractivity contribution in [1.29, 1.82) is 0 Å². The summed E-state index contributed by atoms with van der Waals surface area (Å²) in [6.45, 7) is 3.50. The van der Waals surface area contributed by atoms with Crippen molar-refractivity contribution < 1.29 is 28.7 Å². The van der Waals surface area contributed by atoms with Gasteiger partial charge in [-0.1, -0.05) is 36.8 Å². The third-order valence-corrected chi connectivity index (χ3v) is 4.84. The van der Waals surface area contributed by atoms with Gasteiger partial charge in [0, 0.05) is 12.0 Å². The van der Waals surface area contributed by atoms with Crippen molar-refractivity contribution >= 4 is 23.5 Å². The average molecular weight is 374 g/mol. The van der Waals surface area contributed by atoms with Crippen molar-refractivity contribution in [2.45, 2.75) is 39.5 Å². The van der Waals surface area contributed by atoms with E-state index >= 15 is 0 Å². The first-order chi connectivity index (χ1) is 13.0. The molecule has 2 atom stereocenters. The van der Waals surface area contributed by atoms with Gasteiger partial charge in [0.25, 0.3) is 0 Å².